The molecule has 0 aliphatic rings. The minimum Gasteiger partial charge on any atom is -0.472 e. The Kier molecular flexibility index (Phi) is 6.54. The number of methoxy groups -OCH3 is 1. The number of nitrogens with one attached hydrogen (secondary N) is 1. The quantitative estimate of drug-likeness (QED) is 0.423. The lowest BCUT2D eigenvalue weighted by Crippen LogP contribution is -2.13. The van der Waals surface area contributed by atoms with E-state index in [1.807, 2.05) is 13.8 Å². The lowest BCUT2D eigenvalue weighted by Gasteiger charge is -2.12. The summed E-state index contributed by atoms with van der Waals surface area (Å²) in [5.41, 5.74) is -0.280. The molecule has 1 aromatic rings. The van der Waals surface area contributed by atoms with E-state index < -0.39 is 4.92 Å². The van der Waals surface area contributed by atoms with E-state index in [9.17, 15) is 10.1 Å². The normalized spacial score (nSPS) is 10.5. The molecule has 116 valence electrons. The van der Waals surface area contributed by atoms with Crippen LogP contribution in [0.4, 0.5) is 11.5 Å². The first kappa shape index (κ1) is 16.8. The monoisotopic (exact) mass is 296 g/mol. The lowest BCUT2D eigenvalue weighted by atomic mass is 10.2. The van der Waals surface area contributed by atoms with Crippen molar-refractivity contribution in [2.24, 2.45) is 5.92 Å². The van der Waals surface area contributed by atoms with Crippen LogP contribution >= 0.6 is 0 Å². The minimum absolute atomic E-state index is 0.0534. The average molecular weight is 296 g/mol. The largest absolute Gasteiger partial charge is 0.472 e. The van der Waals surface area contributed by atoms with Crippen LogP contribution in [0.1, 0.15) is 19.7 Å². The molecule has 0 aliphatic heterocycles. The number of nitro groups is 1. The van der Waals surface area contributed by atoms with Gasteiger partial charge in [-0.05, 0) is 5.92 Å². The molecular weight excluding hydrogens is 276 g/mol. The van der Waals surface area contributed by atoms with Crippen LogP contribution in [0.3, 0.4) is 0 Å². The van der Waals surface area contributed by atoms with Crippen molar-refractivity contribution in [3.63, 3.8) is 0 Å². The Balaban J connectivity index is 3.23. The highest BCUT2D eigenvalue weighted by atomic mass is 16.6. The fourth-order valence-electron chi connectivity index (χ4n) is 1.48. The van der Waals surface area contributed by atoms with E-state index in [2.05, 4.69) is 21.9 Å². The van der Waals surface area contributed by atoms with Crippen LogP contribution in [0, 0.1) is 16.0 Å². The summed E-state index contributed by atoms with van der Waals surface area (Å²) in [6.45, 7) is 8.25. The highest BCUT2D eigenvalue weighted by Crippen LogP contribution is 2.32. The molecule has 1 rings (SSSR count). The molecule has 1 aromatic heterocycles. The van der Waals surface area contributed by atoms with Crippen molar-refractivity contribution in [1.82, 2.24) is 9.97 Å². The lowest BCUT2D eigenvalue weighted by molar-refractivity contribution is -0.385. The molecular formula is C13H20N4O4. The minimum atomic E-state index is -0.558. The van der Waals surface area contributed by atoms with Gasteiger partial charge in [0, 0.05) is 13.7 Å². The molecule has 0 unspecified atom stereocenters. The Bertz CT molecular complexity index is 505. The molecule has 0 fully saturated rings. The van der Waals surface area contributed by atoms with Crippen LogP contribution in [0.25, 0.3) is 0 Å². The van der Waals surface area contributed by atoms with Gasteiger partial charge in [0.2, 0.25) is 5.82 Å². The van der Waals surface area contributed by atoms with Gasteiger partial charge in [0.05, 0.1) is 11.5 Å². The zero-order valence-electron chi connectivity index (χ0n) is 12.5. The van der Waals surface area contributed by atoms with Gasteiger partial charge in [-0.15, -0.1) is 6.58 Å². The third kappa shape index (κ3) is 4.99. The second-order valence-corrected chi connectivity index (χ2v) is 4.71. The summed E-state index contributed by atoms with van der Waals surface area (Å²) in [6.07, 6.45) is 1.58. The molecule has 0 amide bonds. The molecule has 21 heavy (non-hydrogen) atoms. The molecule has 0 radical (unpaired) electrons. The van der Waals surface area contributed by atoms with Crippen LogP contribution in [0.15, 0.2) is 12.7 Å². The van der Waals surface area contributed by atoms with Gasteiger partial charge in [-0.2, -0.15) is 4.98 Å². The fourth-order valence-corrected chi connectivity index (χ4v) is 1.48. The van der Waals surface area contributed by atoms with E-state index in [1.165, 1.54) is 7.11 Å². The number of anilines is 1. The molecule has 8 heteroatoms. The van der Waals surface area contributed by atoms with Gasteiger partial charge >= 0.3 is 5.69 Å². The fraction of sp³-hybridized carbons (Fsp3) is 0.538. The van der Waals surface area contributed by atoms with Crippen molar-refractivity contribution in [3.8, 4) is 5.88 Å². The third-order valence-corrected chi connectivity index (χ3v) is 2.32. The third-order valence-electron chi connectivity index (χ3n) is 2.32. The number of hydrogen-bond acceptors (Lipinski definition) is 7. The number of rotatable bonds is 9. The Morgan fingerprint density at radius 2 is 2.19 bits per heavy atom. The van der Waals surface area contributed by atoms with E-state index in [1.54, 1.807) is 6.08 Å². The molecule has 0 saturated carbocycles. The van der Waals surface area contributed by atoms with E-state index >= 15 is 0 Å². The average Bonchev–Trinajstić information content (AvgIpc) is 2.42. The summed E-state index contributed by atoms with van der Waals surface area (Å²) in [5, 5.41) is 14.1. The molecule has 1 heterocycles. The predicted molar refractivity (Wildman–Crippen MR) is 78.4 cm³/mol. The summed E-state index contributed by atoms with van der Waals surface area (Å²) in [7, 11) is 1.50. The van der Waals surface area contributed by atoms with E-state index in [4.69, 9.17) is 9.47 Å². The molecule has 0 atom stereocenters. The van der Waals surface area contributed by atoms with Crippen molar-refractivity contribution in [1.29, 1.82) is 0 Å². The number of ether oxygens (including phenoxy) is 2. The van der Waals surface area contributed by atoms with Gasteiger partial charge in [0.25, 0.3) is 5.88 Å². The maximum absolute atomic E-state index is 11.3. The smallest absolute Gasteiger partial charge is 0.372 e. The predicted octanol–water partition coefficient (Wildman–Crippen LogP) is 2.16. The van der Waals surface area contributed by atoms with Gasteiger partial charge in [-0.1, -0.05) is 19.9 Å². The number of aromatic nitrogens is 2. The SMILES string of the molecule is C=CCNc1nc(COC)nc(OCC(C)C)c1[N+](=O)[O-]. The maximum atomic E-state index is 11.3. The molecule has 0 aliphatic carbocycles. The first-order chi connectivity index (χ1) is 9.99. The van der Waals surface area contributed by atoms with Gasteiger partial charge in [0.1, 0.15) is 6.61 Å². The first-order valence-electron chi connectivity index (χ1n) is 6.51. The molecule has 0 saturated heterocycles. The van der Waals surface area contributed by atoms with Gasteiger partial charge in [-0.25, -0.2) is 4.98 Å². The van der Waals surface area contributed by atoms with Gasteiger partial charge in [0.15, 0.2) is 5.82 Å². The van der Waals surface area contributed by atoms with Crippen LogP contribution in [0.2, 0.25) is 0 Å². The summed E-state index contributed by atoms with van der Waals surface area (Å²) in [4.78, 5) is 18.9. The van der Waals surface area contributed by atoms with Crippen LogP contribution < -0.4 is 10.1 Å². The molecule has 0 bridgehead atoms. The highest BCUT2D eigenvalue weighted by molar-refractivity contribution is 5.61. The topological polar surface area (TPSA) is 99.4 Å². The summed E-state index contributed by atoms with van der Waals surface area (Å²) in [5.74, 6) is 0.575. The van der Waals surface area contributed by atoms with E-state index in [0.29, 0.717) is 19.0 Å². The molecule has 8 nitrogen and oxygen atoms in total. The van der Waals surface area contributed by atoms with Crippen molar-refractivity contribution < 1.29 is 14.4 Å². The van der Waals surface area contributed by atoms with Crippen LogP contribution in [-0.4, -0.2) is 35.2 Å². The maximum Gasteiger partial charge on any atom is 0.372 e. The Hall–Kier alpha value is -2.22. The van der Waals surface area contributed by atoms with Crippen molar-refractivity contribution >= 4 is 11.5 Å². The van der Waals surface area contributed by atoms with Crippen LogP contribution in [-0.2, 0) is 11.3 Å². The standard InChI is InChI=1S/C13H20N4O4/c1-5-6-14-12-11(17(18)19)13(21-7-9(2)3)16-10(15-12)8-20-4/h5,9H,1,6-8H2,2-4H3,(H,14,15,16). The number of hydrogen-bond donors (Lipinski definition) is 1. The van der Waals surface area contributed by atoms with Crippen LogP contribution in [0.5, 0.6) is 5.88 Å². The van der Waals surface area contributed by atoms with Crippen molar-refractivity contribution in [3.05, 3.63) is 28.6 Å². The zero-order valence-corrected chi connectivity index (χ0v) is 12.5. The van der Waals surface area contributed by atoms with E-state index in [0.717, 1.165) is 0 Å². The second kappa shape index (κ2) is 8.15. The molecule has 0 aromatic carbocycles. The zero-order chi connectivity index (χ0) is 15.8. The first-order valence-corrected chi connectivity index (χ1v) is 6.51. The van der Waals surface area contributed by atoms with Crippen molar-refractivity contribution in [2.45, 2.75) is 20.5 Å². The highest BCUT2D eigenvalue weighted by Gasteiger charge is 2.26. The van der Waals surface area contributed by atoms with Gasteiger partial charge in [-0.3, -0.25) is 10.1 Å². The summed E-state index contributed by atoms with van der Waals surface area (Å²) in [6, 6.07) is 0. The Morgan fingerprint density at radius 3 is 2.71 bits per heavy atom. The van der Waals surface area contributed by atoms with Crippen molar-refractivity contribution in [2.75, 3.05) is 25.6 Å². The van der Waals surface area contributed by atoms with Gasteiger partial charge < -0.3 is 14.8 Å². The Morgan fingerprint density at radius 1 is 1.48 bits per heavy atom. The van der Waals surface area contributed by atoms with E-state index in [-0.39, 0.29) is 29.9 Å². The molecule has 1 N–H and O–H groups in total. The Labute approximate surface area is 123 Å². The number of nitrogens with zero attached hydrogens (tertiary/aromatic N) is 3. The summed E-state index contributed by atoms with van der Waals surface area (Å²) < 4.78 is 10.4. The summed E-state index contributed by atoms with van der Waals surface area (Å²) >= 11 is 0. The second-order valence-electron chi connectivity index (χ2n) is 4.71. The molecule has 0 spiro atoms.